The summed E-state index contributed by atoms with van der Waals surface area (Å²) in [5, 5.41) is 6.31. The largest absolute Gasteiger partial charge is 0.345 e. The quantitative estimate of drug-likeness (QED) is 0.384. The Balaban J connectivity index is 1.43. The summed E-state index contributed by atoms with van der Waals surface area (Å²) < 4.78 is 28.3. The van der Waals surface area contributed by atoms with Crippen LogP contribution < -0.4 is 9.80 Å². The number of halogens is 2. The van der Waals surface area contributed by atoms with Gasteiger partial charge < -0.3 is 9.80 Å². The average Bonchev–Trinajstić information content (AvgIpc) is 3.48. The van der Waals surface area contributed by atoms with Crippen LogP contribution in [0.1, 0.15) is 18.4 Å². The van der Waals surface area contributed by atoms with Gasteiger partial charge in [0.15, 0.2) is 5.82 Å². The molecule has 0 N–H and O–H groups in total. The maximum absolute atomic E-state index is 13.6. The number of hydrogen-bond donors (Lipinski definition) is 0. The number of aromatic nitrogens is 4. The Morgan fingerprint density at radius 1 is 0.971 bits per heavy atom. The highest BCUT2D eigenvalue weighted by molar-refractivity contribution is 7.90. The Hall–Kier alpha value is -2.88. The third kappa shape index (κ3) is 3.73. The molecule has 1 saturated heterocycles. The SMILES string of the molecule is Cc1ccc(S(=O)(=O)n2nc(N3CCN(c4ncc(Cl)cn4)CC34CC4)c3c(Cl)cccc32)cc1. The van der Waals surface area contributed by atoms with Gasteiger partial charge in [0.1, 0.15) is 0 Å². The van der Waals surface area contributed by atoms with Crippen LogP contribution in [0.25, 0.3) is 10.9 Å². The van der Waals surface area contributed by atoms with Gasteiger partial charge in [-0.3, -0.25) is 0 Å². The number of piperazine rings is 1. The van der Waals surface area contributed by atoms with Gasteiger partial charge in [0.2, 0.25) is 5.95 Å². The van der Waals surface area contributed by atoms with Gasteiger partial charge in [-0.1, -0.05) is 47.0 Å². The van der Waals surface area contributed by atoms with Crippen molar-refractivity contribution in [3.8, 4) is 0 Å². The first-order valence-corrected chi connectivity index (χ1v) is 13.5. The Labute approximate surface area is 213 Å². The second-order valence-corrected chi connectivity index (χ2v) is 11.7. The number of fused-ring (bicyclic) bond motifs is 1. The summed E-state index contributed by atoms with van der Waals surface area (Å²) in [6.45, 7) is 3.92. The lowest BCUT2D eigenvalue weighted by Crippen LogP contribution is -2.56. The molecule has 1 aliphatic carbocycles. The minimum absolute atomic E-state index is 0.180. The summed E-state index contributed by atoms with van der Waals surface area (Å²) in [5.74, 6) is 1.23. The zero-order chi connectivity index (χ0) is 24.4. The molecule has 180 valence electrons. The smallest absolute Gasteiger partial charge is 0.283 e. The van der Waals surface area contributed by atoms with E-state index in [4.69, 9.17) is 28.3 Å². The van der Waals surface area contributed by atoms with E-state index in [2.05, 4.69) is 19.8 Å². The molecule has 8 nitrogen and oxygen atoms in total. The third-order valence-electron chi connectivity index (χ3n) is 6.78. The molecule has 0 amide bonds. The summed E-state index contributed by atoms with van der Waals surface area (Å²) in [6.07, 6.45) is 5.11. The first kappa shape index (κ1) is 22.6. The molecule has 1 aliphatic heterocycles. The molecule has 0 unspecified atom stereocenters. The molecular weight excluding hydrogens is 507 g/mol. The molecule has 6 rings (SSSR count). The predicted octanol–water partition coefficient (Wildman–Crippen LogP) is 4.54. The van der Waals surface area contributed by atoms with Crippen LogP contribution in [0.4, 0.5) is 11.8 Å². The zero-order valence-electron chi connectivity index (χ0n) is 18.9. The average molecular weight is 529 g/mol. The second kappa shape index (κ2) is 8.08. The summed E-state index contributed by atoms with van der Waals surface area (Å²) in [5.41, 5.74) is 1.27. The van der Waals surface area contributed by atoms with E-state index in [1.165, 1.54) is 0 Å². The molecule has 2 aliphatic rings. The van der Waals surface area contributed by atoms with Crippen LogP contribution in [0.3, 0.4) is 0 Å². The van der Waals surface area contributed by atoms with Gasteiger partial charge in [-0.05, 0) is 44.0 Å². The van der Waals surface area contributed by atoms with Crippen LogP contribution in [-0.2, 0) is 10.0 Å². The van der Waals surface area contributed by atoms with Crippen LogP contribution in [-0.4, -0.2) is 52.7 Å². The molecular formula is C24H22Cl2N6O2S. The van der Waals surface area contributed by atoms with Gasteiger partial charge in [0.25, 0.3) is 10.0 Å². The van der Waals surface area contributed by atoms with E-state index in [1.807, 2.05) is 6.92 Å². The van der Waals surface area contributed by atoms with E-state index < -0.39 is 10.0 Å². The van der Waals surface area contributed by atoms with Crippen LogP contribution >= 0.6 is 23.2 Å². The van der Waals surface area contributed by atoms with E-state index in [1.54, 1.807) is 54.9 Å². The fourth-order valence-corrected chi connectivity index (χ4v) is 6.41. The zero-order valence-corrected chi connectivity index (χ0v) is 21.2. The summed E-state index contributed by atoms with van der Waals surface area (Å²) >= 11 is 12.6. The van der Waals surface area contributed by atoms with Crippen LogP contribution in [0.2, 0.25) is 10.0 Å². The number of aryl methyl sites for hydroxylation is 1. The highest BCUT2D eigenvalue weighted by Crippen LogP contribution is 2.49. The summed E-state index contributed by atoms with van der Waals surface area (Å²) in [6, 6.07) is 12.1. The number of benzene rings is 2. The van der Waals surface area contributed by atoms with Crippen LogP contribution in [0, 0.1) is 6.92 Å². The van der Waals surface area contributed by atoms with Crippen molar-refractivity contribution in [2.24, 2.45) is 0 Å². The lowest BCUT2D eigenvalue weighted by atomic mass is 10.1. The van der Waals surface area contributed by atoms with E-state index in [9.17, 15) is 8.42 Å². The van der Waals surface area contributed by atoms with Crippen molar-refractivity contribution in [3.05, 3.63) is 70.5 Å². The van der Waals surface area contributed by atoms with Crippen LogP contribution in [0.5, 0.6) is 0 Å². The number of hydrogen-bond acceptors (Lipinski definition) is 7. The molecule has 1 spiro atoms. The fourth-order valence-electron chi connectivity index (χ4n) is 4.79. The van der Waals surface area contributed by atoms with Crippen molar-refractivity contribution in [2.75, 3.05) is 29.4 Å². The molecule has 0 bridgehead atoms. The molecule has 4 aromatic rings. The Morgan fingerprint density at radius 3 is 2.37 bits per heavy atom. The molecule has 0 radical (unpaired) electrons. The standard InChI is InChI=1S/C24H22Cl2N6O2S/c1-16-5-7-18(8-6-16)35(33,34)32-20-4-2-3-19(26)21(20)22(29-32)31-12-11-30(15-24(31)9-10-24)23-27-13-17(25)14-28-23/h2-8,13-14H,9-12,15H2,1H3. The molecule has 11 heteroatoms. The van der Waals surface area contributed by atoms with Crippen molar-refractivity contribution in [2.45, 2.75) is 30.2 Å². The normalized spacial score (nSPS) is 17.3. The lowest BCUT2D eigenvalue weighted by Gasteiger charge is -2.42. The maximum atomic E-state index is 13.6. The van der Waals surface area contributed by atoms with Gasteiger partial charge in [0.05, 0.1) is 43.8 Å². The lowest BCUT2D eigenvalue weighted by molar-refractivity contribution is 0.498. The third-order valence-corrected chi connectivity index (χ3v) is 8.89. The van der Waals surface area contributed by atoms with Crippen molar-refractivity contribution in [3.63, 3.8) is 0 Å². The molecule has 1 saturated carbocycles. The monoisotopic (exact) mass is 528 g/mol. The fraction of sp³-hybridized carbons (Fsp3) is 0.292. The number of rotatable bonds is 4. The minimum Gasteiger partial charge on any atom is -0.345 e. The molecule has 2 fully saturated rings. The van der Waals surface area contributed by atoms with E-state index in [-0.39, 0.29) is 10.4 Å². The number of anilines is 2. The van der Waals surface area contributed by atoms with E-state index in [0.717, 1.165) is 22.5 Å². The highest BCUT2D eigenvalue weighted by Gasteiger charge is 2.53. The topological polar surface area (TPSA) is 84.2 Å². The molecule has 0 atom stereocenters. The van der Waals surface area contributed by atoms with Gasteiger partial charge in [0, 0.05) is 19.6 Å². The maximum Gasteiger partial charge on any atom is 0.283 e. The number of nitrogens with zero attached hydrogens (tertiary/aromatic N) is 6. The molecule has 3 heterocycles. The minimum atomic E-state index is -3.91. The predicted molar refractivity (Wildman–Crippen MR) is 137 cm³/mol. The molecule has 2 aromatic heterocycles. The molecule has 35 heavy (non-hydrogen) atoms. The van der Waals surface area contributed by atoms with Crippen LogP contribution in [0.15, 0.2) is 59.8 Å². The Bertz CT molecular complexity index is 1530. The first-order valence-electron chi connectivity index (χ1n) is 11.3. The van der Waals surface area contributed by atoms with Gasteiger partial charge in [-0.15, -0.1) is 5.10 Å². The Kier molecular flexibility index (Phi) is 5.21. The van der Waals surface area contributed by atoms with Gasteiger partial charge in [-0.2, -0.15) is 12.5 Å². The Morgan fingerprint density at radius 2 is 1.69 bits per heavy atom. The van der Waals surface area contributed by atoms with Gasteiger partial charge >= 0.3 is 0 Å². The van der Waals surface area contributed by atoms with E-state index >= 15 is 0 Å². The second-order valence-electron chi connectivity index (χ2n) is 9.12. The summed E-state index contributed by atoms with van der Waals surface area (Å²) in [4.78, 5) is 13.3. The first-order chi connectivity index (χ1) is 16.8. The van der Waals surface area contributed by atoms with Gasteiger partial charge in [-0.25, -0.2) is 9.97 Å². The highest BCUT2D eigenvalue weighted by atomic mass is 35.5. The van der Waals surface area contributed by atoms with Crippen molar-refractivity contribution in [1.82, 2.24) is 19.2 Å². The summed E-state index contributed by atoms with van der Waals surface area (Å²) in [7, 11) is -3.91. The molecule has 2 aromatic carbocycles. The van der Waals surface area contributed by atoms with Crippen molar-refractivity contribution < 1.29 is 8.42 Å². The van der Waals surface area contributed by atoms with Crippen molar-refractivity contribution >= 4 is 55.9 Å². The van der Waals surface area contributed by atoms with E-state index in [0.29, 0.717) is 52.3 Å². The van der Waals surface area contributed by atoms with Crippen molar-refractivity contribution in [1.29, 1.82) is 0 Å².